The van der Waals surface area contributed by atoms with Crippen LogP contribution in [-0.2, 0) is 9.59 Å². The molecular weight excluding hydrogens is 354 g/mol. The Morgan fingerprint density at radius 1 is 1.20 bits per heavy atom. The van der Waals surface area contributed by atoms with Crippen LogP contribution in [0, 0.1) is 11.6 Å². The van der Waals surface area contributed by atoms with Crippen LogP contribution in [0.1, 0.15) is 6.42 Å². The van der Waals surface area contributed by atoms with Gasteiger partial charge in [-0.15, -0.1) is 12.4 Å². The molecule has 140 valence electrons. The summed E-state index contributed by atoms with van der Waals surface area (Å²) in [5.41, 5.74) is 0.0720. The lowest BCUT2D eigenvalue weighted by Crippen LogP contribution is -2.47. The number of anilines is 1. The number of hydrogen-bond acceptors (Lipinski definition) is 4. The molecule has 1 fully saturated rings. The maximum absolute atomic E-state index is 13.1. The van der Waals surface area contributed by atoms with Crippen LogP contribution in [-0.4, -0.2) is 67.9 Å². The zero-order valence-electron chi connectivity index (χ0n) is 14.1. The maximum atomic E-state index is 13.1. The van der Waals surface area contributed by atoms with Crippen molar-refractivity contribution in [1.29, 1.82) is 0 Å². The van der Waals surface area contributed by atoms with E-state index < -0.39 is 17.5 Å². The minimum absolute atomic E-state index is 0. The first kappa shape index (κ1) is 21.3. The van der Waals surface area contributed by atoms with Crippen molar-refractivity contribution in [2.45, 2.75) is 6.42 Å². The van der Waals surface area contributed by atoms with Gasteiger partial charge < -0.3 is 15.5 Å². The summed E-state index contributed by atoms with van der Waals surface area (Å²) >= 11 is 0. The fraction of sp³-hybridized carbons (Fsp3) is 0.500. The monoisotopic (exact) mass is 376 g/mol. The first-order valence-corrected chi connectivity index (χ1v) is 7.87. The normalized spacial score (nSPS) is 14.2. The number of likely N-dealkylation sites (N-methyl/N-ethyl adjacent to an activating group) is 1. The van der Waals surface area contributed by atoms with Gasteiger partial charge in [-0.05, 0) is 19.2 Å². The van der Waals surface area contributed by atoms with Crippen molar-refractivity contribution in [3.05, 3.63) is 29.8 Å². The van der Waals surface area contributed by atoms with Crippen molar-refractivity contribution in [3.8, 4) is 0 Å². The largest absolute Gasteiger partial charge is 0.340 e. The van der Waals surface area contributed by atoms with Gasteiger partial charge in [-0.1, -0.05) is 0 Å². The summed E-state index contributed by atoms with van der Waals surface area (Å²) < 4.78 is 26.2. The van der Waals surface area contributed by atoms with Gasteiger partial charge in [0.2, 0.25) is 11.8 Å². The van der Waals surface area contributed by atoms with Gasteiger partial charge in [0.1, 0.15) is 11.6 Å². The summed E-state index contributed by atoms with van der Waals surface area (Å²) in [6, 6.07) is 2.84. The van der Waals surface area contributed by atoms with Gasteiger partial charge >= 0.3 is 0 Å². The molecule has 6 nitrogen and oxygen atoms in total. The standard InChI is InChI=1S/C16H22F2N4O2.ClH/c1-21(5-2-16(24)22-6-3-19-4-7-22)11-15(23)20-14-9-12(17)8-13(18)10-14;/h8-10,19H,2-7,11H2,1H3,(H,20,23);1H. The fourth-order valence-electron chi connectivity index (χ4n) is 2.51. The van der Waals surface area contributed by atoms with Gasteiger partial charge in [0, 0.05) is 50.9 Å². The molecule has 0 aromatic heterocycles. The Balaban J connectivity index is 0.00000312. The number of carbonyl (C=O) groups excluding carboxylic acids is 2. The predicted octanol–water partition coefficient (Wildman–Crippen LogP) is 1.08. The highest BCUT2D eigenvalue weighted by Crippen LogP contribution is 2.12. The molecule has 1 heterocycles. The first-order valence-electron chi connectivity index (χ1n) is 7.87. The van der Waals surface area contributed by atoms with Crippen LogP contribution >= 0.6 is 12.4 Å². The van der Waals surface area contributed by atoms with Gasteiger partial charge in [0.05, 0.1) is 6.54 Å². The van der Waals surface area contributed by atoms with Gasteiger partial charge in [-0.25, -0.2) is 8.78 Å². The van der Waals surface area contributed by atoms with Crippen molar-refractivity contribution in [1.82, 2.24) is 15.1 Å². The average Bonchev–Trinajstić information content (AvgIpc) is 2.52. The van der Waals surface area contributed by atoms with E-state index in [4.69, 9.17) is 0 Å². The molecule has 1 aromatic rings. The predicted molar refractivity (Wildman–Crippen MR) is 93.8 cm³/mol. The number of halogens is 3. The van der Waals surface area contributed by atoms with Crippen molar-refractivity contribution in [2.24, 2.45) is 0 Å². The number of piperazine rings is 1. The number of rotatable bonds is 6. The SMILES string of the molecule is CN(CCC(=O)N1CCNCC1)CC(=O)Nc1cc(F)cc(F)c1.Cl. The van der Waals surface area contributed by atoms with Crippen LogP contribution in [0.25, 0.3) is 0 Å². The molecule has 0 aliphatic carbocycles. The molecule has 0 atom stereocenters. The van der Waals surface area contributed by atoms with Crippen LogP contribution in [0.3, 0.4) is 0 Å². The number of hydrogen-bond donors (Lipinski definition) is 2. The molecule has 25 heavy (non-hydrogen) atoms. The van der Waals surface area contributed by atoms with Gasteiger partial charge in [-0.2, -0.15) is 0 Å². The highest BCUT2D eigenvalue weighted by atomic mass is 35.5. The van der Waals surface area contributed by atoms with E-state index in [1.165, 1.54) is 0 Å². The summed E-state index contributed by atoms with van der Waals surface area (Å²) in [4.78, 5) is 27.4. The number of amides is 2. The summed E-state index contributed by atoms with van der Waals surface area (Å²) in [6.45, 7) is 3.48. The van der Waals surface area contributed by atoms with E-state index in [-0.39, 0.29) is 30.5 Å². The third-order valence-corrected chi connectivity index (χ3v) is 3.74. The molecule has 0 unspecified atom stereocenters. The number of nitrogens with zero attached hydrogens (tertiary/aromatic N) is 2. The van der Waals surface area contributed by atoms with E-state index in [9.17, 15) is 18.4 Å². The van der Waals surface area contributed by atoms with Crippen LogP contribution in [0.5, 0.6) is 0 Å². The topological polar surface area (TPSA) is 64.7 Å². The molecule has 1 aliphatic rings. The van der Waals surface area contributed by atoms with E-state index in [0.29, 0.717) is 26.1 Å². The second-order valence-electron chi connectivity index (χ2n) is 5.82. The molecule has 1 aliphatic heterocycles. The highest BCUT2D eigenvalue weighted by molar-refractivity contribution is 5.92. The molecule has 0 radical (unpaired) electrons. The van der Waals surface area contributed by atoms with Crippen molar-refractivity contribution in [3.63, 3.8) is 0 Å². The third kappa shape index (κ3) is 7.33. The number of nitrogens with one attached hydrogen (secondary N) is 2. The zero-order valence-corrected chi connectivity index (χ0v) is 14.9. The Morgan fingerprint density at radius 2 is 1.80 bits per heavy atom. The molecule has 9 heteroatoms. The molecule has 2 amide bonds. The second kappa shape index (κ2) is 10.3. The van der Waals surface area contributed by atoms with Crippen LogP contribution in [0.2, 0.25) is 0 Å². The Morgan fingerprint density at radius 3 is 2.40 bits per heavy atom. The van der Waals surface area contributed by atoms with E-state index in [1.54, 1.807) is 16.8 Å². The maximum Gasteiger partial charge on any atom is 0.238 e. The molecular formula is C16H23ClF2N4O2. The average molecular weight is 377 g/mol. The van der Waals surface area contributed by atoms with Crippen LogP contribution in [0.15, 0.2) is 18.2 Å². The van der Waals surface area contributed by atoms with E-state index in [0.717, 1.165) is 31.3 Å². The molecule has 0 bridgehead atoms. The van der Waals surface area contributed by atoms with E-state index in [2.05, 4.69) is 10.6 Å². The quantitative estimate of drug-likeness (QED) is 0.779. The Labute approximate surface area is 152 Å². The molecule has 1 saturated heterocycles. The molecule has 0 saturated carbocycles. The van der Waals surface area contributed by atoms with E-state index >= 15 is 0 Å². The zero-order chi connectivity index (χ0) is 17.5. The molecule has 2 rings (SSSR count). The lowest BCUT2D eigenvalue weighted by molar-refractivity contribution is -0.132. The fourth-order valence-corrected chi connectivity index (χ4v) is 2.51. The highest BCUT2D eigenvalue weighted by Gasteiger charge is 2.17. The van der Waals surface area contributed by atoms with Crippen molar-refractivity contribution >= 4 is 29.9 Å². The third-order valence-electron chi connectivity index (χ3n) is 3.74. The second-order valence-corrected chi connectivity index (χ2v) is 5.82. The summed E-state index contributed by atoms with van der Waals surface area (Å²) in [5, 5.41) is 5.62. The summed E-state index contributed by atoms with van der Waals surface area (Å²) in [6.07, 6.45) is 0.332. The van der Waals surface area contributed by atoms with Crippen molar-refractivity contribution < 1.29 is 18.4 Å². The minimum Gasteiger partial charge on any atom is -0.340 e. The summed E-state index contributed by atoms with van der Waals surface area (Å²) in [5.74, 6) is -1.83. The van der Waals surface area contributed by atoms with Crippen molar-refractivity contribution in [2.75, 3.05) is 51.6 Å². The Hall–Kier alpha value is -1.77. The minimum atomic E-state index is -0.750. The molecule has 1 aromatic carbocycles. The number of carbonyl (C=O) groups is 2. The van der Waals surface area contributed by atoms with Gasteiger partial charge in [-0.3, -0.25) is 14.5 Å². The lowest BCUT2D eigenvalue weighted by atomic mass is 10.3. The Bertz CT molecular complexity index is 577. The smallest absolute Gasteiger partial charge is 0.238 e. The lowest BCUT2D eigenvalue weighted by Gasteiger charge is -2.28. The summed E-state index contributed by atoms with van der Waals surface area (Å²) in [7, 11) is 1.72. The van der Waals surface area contributed by atoms with Gasteiger partial charge in [0.15, 0.2) is 0 Å². The van der Waals surface area contributed by atoms with Crippen LogP contribution < -0.4 is 10.6 Å². The molecule has 0 spiro atoms. The van der Waals surface area contributed by atoms with Gasteiger partial charge in [0.25, 0.3) is 0 Å². The number of benzene rings is 1. The van der Waals surface area contributed by atoms with E-state index in [1.807, 2.05) is 0 Å². The first-order chi connectivity index (χ1) is 11.4. The Kier molecular flexibility index (Phi) is 8.74. The molecule has 2 N–H and O–H groups in total. The van der Waals surface area contributed by atoms with Crippen LogP contribution in [0.4, 0.5) is 14.5 Å².